The standard InChI is InChI=1S/C33H50O10/c1-33(2)42-31(27-40-23-19-36-15-13-34-17-21-38-25-29-9-5-3-6-10-29)32(43-33)28-41-24-20-37-16-14-35-18-22-39-26-30-11-7-4-8-12-30/h3-12,31-32H,13-28H2,1-2H3/t31-,32-/m1/s1. The minimum absolute atomic E-state index is 0.215. The molecule has 2 aromatic carbocycles. The lowest BCUT2D eigenvalue weighted by molar-refractivity contribution is -0.155. The summed E-state index contributed by atoms with van der Waals surface area (Å²) >= 11 is 0. The van der Waals surface area contributed by atoms with E-state index in [1.165, 1.54) is 0 Å². The number of hydrogen-bond donors (Lipinski definition) is 0. The summed E-state index contributed by atoms with van der Waals surface area (Å²) in [6, 6.07) is 20.2. The van der Waals surface area contributed by atoms with Crippen LogP contribution in [0.25, 0.3) is 0 Å². The van der Waals surface area contributed by atoms with Crippen molar-refractivity contribution in [1.82, 2.24) is 0 Å². The normalized spacial score (nSPS) is 17.9. The van der Waals surface area contributed by atoms with Gasteiger partial charge in [-0.1, -0.05) is 60.7 Å². The number of benzene rings is 2. The van der Waals surface area contributed by atoms with E-state index >= 15 is 0 Å². The van der Waals surface area contributed by atoms with Crippen molar-refractivity contribution in [1.29, 1.82) is 0 Å². The summed E-state index contributed by atoms with van der Waals surface area (Å²) in [5, 5.41) is 0. The van der Waals surface area contributed by atoms with Gasteiger partial charge in [0.2, 0.25) is 0 Å². The topological polar surface area (TPSA) is 92.3 Å². The predicted octanol–water partition coefficient (Wildman–Crippen LogP) is 4.04. The van der Waals surface area contributed by atoms with E-state index in [9.17, 15) is 0 Å². The maximum absolute atomic E-state index is 6.00. The Hall–Kier alpha value is -1.96. The van der Waals surface area contributed by atoms with Gasteiger partial charge in [0, 0.05) is 0 Å². The van der Waals surface area contributed by atoms with Gasteiger partial charge in [-0.3, -0.25) is 0 Å². The third-order valence-corrected chi connectivity index (χ3v) is 6.30. The van der Waals surface area contributed by atoms with Crippen LogP contribution in [0.2, 0.25) is 0 Å². The first-order valence-corrected chi connectivity index (χ1v) is 15.2. The summed E-state index contributed by atoms with van der Waals surface area (Å²) in [6.45, 7) is 11.9. The molecular weight excluding hydrogens is 556 g/mol. The summed E-state index contributed by atoms with van der Waals surface area (Å²) in [6.07, 6.45) is -0.430. The van der Waals surface area contributed by atoms with Crippen LogP contribution in [0.1, 0.15) is 25.0 Å². The first-order valence-electron chi connectivity index (χ1n) is 15.2. The van der Waals surface area contributed by atoms with E-state index in [2.05, 4.69) is 0 Å². The lowest BCUT2D eigenvalue weighted by Gasteiger charge is -2.17. The summed E-state index contributed by atoms with van der Waals surface area (Å²) in [4.78, 5) is 0. The van der Waals surface area contributed by atoms with Crippen molar-refractivity contribution in [2.24, 2.45) is 0 Å². The Morgan fingerprint density at radius 2 is 0.744 bits per heavy atom. The van der Waals surface area contributed by atoms with Crippen LogP contribution in [0.15, 0.2) is 60.7 Å². The van der Waals surface area contributed by atoms with Crippen molar-refractivity contribution in [3.05, 3.63) is 71.8 Å². The van der Waals surface area contributed by atoms with E-state index in [-0.39, 0.29) is 12.2 Å². The second-order valence-electron chi connectivity index (χ2n) is 10.4. The highest BCUT2D eigenvalue weighted by Crippen LogP contribution is 2.28. The smallest absolute Gasteiger partial charge is 0.163 e. The molecule has 0 spiro atoms. The van der Waals surface area contributed by atoms with Gasteiger partial charge < -0.3 is 47.4 Å². The molecule has 1 saturated heterocycles. The molecule has 1 fully saturated rings. The molecule has 0 aromatic heterocycles. The first kappa shape index (κ1) is 35.5. The van der Waals surface area contributed by atoms with E-state index < -0.39 is 5.79 Å². The second-order valence-corrected chi connectivity index (χ2v) is 10.4. The summed E-state index contributed by atoms with van der Waals surface area (Å²) < 4.78 is 57.0. The van der Waals surface area contributed by atoms with Crippen LogP contribution < -0.4 is 0 Å². The lowest BCUT2D eigenvalue weighted by Crippen LogP contribution is -2.32. The van der Waals surface area contributed by atoms with E-state index in [4.69, 9.17) is 47.4 Å². The molecule has 1 heterocycles. The molecule has 1 aliphatic heterocycles. The highest BCUT2D eigenvalue weighted by Gasteiger charge is 2.41. The van der Waals surface area contributed by atoms with Gasteiger partial charge in [0.05, 0.1) is 106 Å². The fourth-order valence-electron chi connectivity index (χ4n) is 4.23. The highest BCUT2D eigenvalue weighted by atomic mass is 16.8. The molecule has 0 bridgehead atoms. The van der Waals surface area contributed by atoms with Gasteiger partial charge >= 0.3 is 0 Å². The monoisotopic (exact) mass is 606 g/mol. The minimum atomic E-state index is -0.681. The van der Waals surface area contributed by atoms with E-state index in [1.54, 1.807) is 0 Å². The fourth-order valence-corrected chi connectivity index (χ4v) is 4.23. The molecule has 0 radical (unpaired) electrons. The molecule has 10 nitrogen and oxygen atoms in total. The largest absolute Gasteiger partial charge is 0.377 e. The molecule has 3 rings (SSSR count). The van der Waals surface area contributed by atoms with Crippen molar-refractivity contribution in [2.75, 3.05) is 92.5 Å². The maximum atomic E-state index is 6.00. The van der Waals surface area contributed by atoms with Gasteiger partial charge in [-0.25, -0.2) is 0 Å². The molecule has 1 aliphatic rings. The Labute approximate surface area is 256 Å². The van der Waals surface area contributed by atoms with Gasteiger partial charge in [-0.2, -0.15) is 0 Å². The van der Waals surface area contributed by atoms with Crippen LogP contribution in [-0.2, 0) is 60.6 Å². The molecule has 0 saturated carbocycles. The average molecular weight is 607 g/mol. The van der Waals surface area contributed by atoms with E-state index in [0.717, 1.165) is 11.1 Å². The second kappa shape index (κ2) is 22.5. The van der Waals surface area contributed by atoms with Crippen molar-refractivity contribution in [3.63, 3.8) is 0 Å². The van der Waals surface area contributed by atoms with Crippen LogP contribution in [0.5, 0.6) is 0 Å². The van der Waals surface area contributed by atoms with Crippen molar-refractivity contribution in [3.8, 4) is 0 Å². The molecule has 0 N–H and O–H groups in total. The summed E-state index contributed by atoms with van der Waals surface area (Å²) in [5.74, 6) is -0.681. The van der Waals surface area contributed by atoms with E-state index in [0.29, 0.717) is 106 Å². The van der Waals surface area contributed by atoms with Gasteiger partial charge in [0.15, 0.2) is 5.79 Å². The van der Waals surface area contributed by atoms with Crippen molar-refractivity contribution < 1.29 is 47.4 Å². The average Bonchev–Trinajstić information content (AvgIpc) is 3.32. The number of rotatable bonds is 26. The molecule has 0 unspecified atom stereocenters. The highest BCUT2D eigenvalue weighted by molar-refractivity contribution is 5.14. The summed E-state index contributed by atoms with van der Waals surface area (Å²) in [5.41, 5.74) is 2.31. The molecule has 2 aromatic rings. The Morgan fingerprint density at radius 1 is 0.442 bits per heavy atom. The van der Waals surface area contributed by atoms with Crippen molar-refractivity contribution >= 4 is 0 Å². The van der Waals surface area contributed by atoms with Gasteiger partial charge in [-0.05, 0) is 25.0 Å². The van der Waals surface area contributed by atoms with Crippen LogP contribution in [-0.4, -0.2) is 110 Å². The Kier molecular flexibility index (Phi) is 18.6. The molecule has 10 heteroatoms. The predicted molar refractivity (Wildman–Crippen MR) is 161 cm³/mol. The molecule has 43 heavy (non-hydrogen) atoms. The molecular formula is C33H50O10. The molecule has 0 amide bonds. The Morgan fingerprint density at radius 3 is 1.09 bits per heavy atom. The zero-order chi connectivity index (χ0) is 30.3. The van der Waals surface area contributed by atoms with Crippen LogP contribution in [0, 0.1) is 0 Å². The van der Waals surface area contributed by atoms with Gasteiger partial charge in [0.1, 0.15) is 12.2 Å². The Balaban J connectivity index is 1.08. The van der Waals surface area contributed by atoms with Gasteiger partial charge in [-0.15, -0.1) is 0 Å². The fraction of sp³-hybridized carbons (Fsp3) is 0.636. The third-order valence-electron chi connectivity index (χ3n) is 6.30. The molecule has 0 aliphatic carbocycles. The third kappa shape index (κ3) is 17.2. The molecule has 2 atom stereocenters. The van der Waals surface area contributed by atoms with Crippen LogP contribution in [0.4, 0.5) is 0 Å². The van der Waals surface area contributed by atoms with Crippen LogP contribution >= 0.6 is 0 Å². The quantitative estimate of drug-likeness (QED) is 0.146. The molecule has 242 valence electrons. The number of ether oxygens (including phenoxy) is 10. The Bertz CT molecular complexity index is 841. The van der Waals surface area contributed by atoms with Crippen LogP contribution in [0.3, 0.4) is 0 Å². The zero-order valence-corrected chi connectivity index (χ0v) is 25.8. The minimum Gasteiger partial charge on any atom is -0.377 e. The maximum Gasteiger partial charge on any atom is 0.163 e. The van der Waals surface area contributed by atoms with E-state index in [1.807, 2.05) is 74.5 Å². The first-order chi connectivity index (χ1) is 21.1. The lowest BCUT2D eigenvalue weighted by atomic mass is 10.2. The summed E-state index contributed by atoms with van der Waals surface area (Å²) in [7, 11) is 0. The van der Waals surface area contributed by atoms with Crippen molar-refractivity contribution in [2.45, 2.75) is 45.1 Å². The SMILES string of the molecule is CC1(C)O[C@H](COCCOCCOCCOCc2ccccc2)[C@@H](COCCOCCOCCOCc2ccccc2)O1. The van der Waals surface area contributed by atoms with Gasteiger partial charge in [0.25, 0.3) is 0 Å². The number of hydrogen-bond acceptors (Lipinski definition) is 10. The zero-order valence-electron chi connectivity index (χ0n) is 25.8.